The summed E-state index contributed by atoms with van der Waals surface area (Å²) in [5.74, 6) is -1.25. The van der Waals surface area contributed by atoms with Crippen LogP contribution in [0.4, 0.5) is 11.4 Å². The van der Waals surface area contributed by atoms with Crippen molar-refractivity contribution in [3.8, 4) is 0 Å². The molecule has 2 saturated heterocycles. The maximum Gasteiger partial charge on any atom is 0.266 e. The molecule has 6 heteroatoms. The molecule has 6 nitrogen and oxygen atoms in total. The van der Waals surface area contributed by atoms with Gasteiger partial charge in [0.05, 0.1) is 17.4 Å². The number of benzene rings is 3. The Morgan fingerprint density at radius 2 is 1.44 bits per heavy atom. The third kappa shape index (κ3) is 2.81. The molecule has 0 radical (unpaired) electrons. The van der Waals surface area contributed by atoms with Gasteiger partial charge in [0.25, 0.3) is 5.91 Å². The summed E-state index contributed by atoms with van der Waals surface area (Å²) in [5.41, 5.74) is 2.23. The summed E-state index contributed by atoms with van der Waals surface area (Å²) in [5, 5.41) is 3.72. The molecule has 0 spiro atoms. The van der Waals surface area contributed by atoms with Gasteiger partial charge in [0, 0.05) is 12.4 Å². The summed E-state index contributed by atoms with van der Waals surface area (Å²) in [7, 11) is 0. The number of para-hydroxylation sites is 1. The van der Waals surface area contributed by atoms with E-state index in [1.54, 1.807) is 17.5 Å². The molecule has 0 unspecified atom stereocenters. The van der Waals surface area contributed by atoms with Crippen LogP contribution >= 0.6 is 0 Å². The van der Waals surface area contributed by atoms with Gasteiger partial charge in [-0.3, -0.25) is 19.4 Å². The van der Waals surface area contributed by atoms with E-state index in [-0.39, 0.29) is 11.8 Å². The Morgan fingerprint density at radius 3 is 2.22 bits per heavy atom. The highest BCUT2D eigenvalue weighted by molar-refractivity contribution is 6.24. The van der Waals surface area contributed by atoms with Gasteiger partial charge >= 0.3 is 0 Å². The van der Waals surface area contributed by atoms with E-state index < -0.39 is 18.1 Å². The van der Waals surface area contributed by atoms with Crippen molar-refractivity contribution in [3.63, 3.8) is 0 Å². The number of carbonyl (C=O) groups excluding carboxylic acids is 2. The second-order valence-corrected chi connectivity index (χ2v) is 7.98. The Labute approximate surface area is 184 Å². The van der Waals surface area contributed by atoms with Crippen molar-refractivity contribution in [2.45, 2.75) is 12.1 Å². The first-order valence-electron chi connectivity index (χ1n) is 10.5. The summed E-state index contributed by atoms with van der Waals surface area (Å²) >= 11 is 0. The largest absolute Gasteiger partial charge is 0.273 e. The van der Waals surface area contributed by atoms with Crippen LogP contribution in [0.25, 0.3) is 10.8 Å². The number of imide groups is 1. The maximum atomic E-state index is 13.7. The fourth-order valence-electron chi connectivity index (χ4n) is 4.68. The number of aromatic nitrogens is 1. The molecular weight excluding hydrogens is 402 g/mol. The van der Waals surface area contributed by atoms with Crippen molar-refractivity contribution in [1.29, 1.82) is 0 Å². The van der Waals surface area contributed by atoms with E-state index in [1.807, 2.05) is 84.9 Å². The number of anilines is 2. The smallest absolute Gasteiger partial charge is 0.266 e. The summed E-state index contributed by atoms with van der Waals surface area (Å²) in [6.07, 6.45) is 2.50. The molecule has 0 N–H and O–H groups in total. The van der Waals surface area contributed by atoms with Gasteiger partial charge in [0.2, 0.25) is 5.91 Å². The number of fused-ring (bicyclic) bond motifs is 2. The number of hydroxylamine groups is 1. The Kier molecular flexibility index (Phi) is 4.26. The van der Waals surface area contributed by atoms with Crippen LogP contribution in [-0.2, 0) is 14.4 Å². The molecule has 2 aliphatic rings. The van der Waals surface area contributed by atoms with Gasteiger partial charge in [0.1, 0.15) is 5.92 Å². The molecule has 156 valence electrons. The number of pyridine rings is 1. The van der Waals surface area contributed by atoms with Crippen molar-refractivity contribution < 1.29 is 14.4 Å². The molecule has 2 amide bonds. The molecule has 4 aromatic rings. The summed E-state index contributed by atoms with van der Waals surface area (Å²) < 4.78 is 0. The fourth-order valence-corrected chi connectivity index (χ4v) is 4.68. The van der Waals surface area contributed by atoms with Crippen LogP contribution in [0, 0.1) is 5.92 Å². The van der Waals surface area contributed by atoms with E-state index >= 15 is 0 Å². The van der Waals surface area contributed by atoms with E-state index in [4.69, 9.17) is 4.84 Å². The standard InChI is InChI=1S/C26H19N3O3/c30-25-22-23(18-12-14-27-15-13-18)29(20-8-2-1-3-9-20)32-24(22)26(31)28(25)21-11-10-17-6-4-5-7-19(17)16-21/h1-16,22-24H/t22-,23+,24+/m0/s1. The number of rotatable bonds is 3. The quantitative estimate of drug-likeness (QED) is 0.462. The second-order valence-electron chi connectivity index (χ2n) is 7.98. The van der Waals surface area contributed by atoms with Gasteiger partial charge in [-0.15, -0.1) is 0 Å². The molecule has 2 fully saturated rings. The van der Waals surface area contributed by atoms with E-state index in [1.165, 1.54) is 4.90 Å². The monoisotopic (exact) mass is 421 g/mol. The van der Waals surface area contributed by atoms with Gasteiger partial charge in [0.15, 0.2) is 6.10 Å². The van der Waals surface area contributed by atoms with E-state index in [9.17, 15) is 9.59 Å². The van der Waals surface area contributed by atoms with Gasteiger partial charge in [-0.1, -0.05) is 48.5 Å². The number of carbonyl (C=O) groups is 2. The van der Waals surface area contributed by atoms with Crippen LogP contribution in [0.15, 0.2) is 97.3 Å². The Balaban J connectivity index is 1.43. The highest BCUT2D eigenvalue weighted by atomic mass is 16.7. The SMILES string of the molecule is O=C1[C@H]2[C@@H](c3ccncc3)N(c3ccccc3)O[C@H]2C(=O)N1c1ccc2ccccc2c1. The molecule has 1 aromatic heterocycles. The Morgan fingerprint density at radius 1 is 0.719 bits per heavy atom. The third-order valence-corrected chi connectivity index (χ3v) is 6.16. The minimum Gasteiger partial charge on any atom is -0.273 e. The fraction of sp³-hybridized carbons (Fsp3) is 0.115. The van der Waals surface area contributed by atoms with Crippen molar-refractivity contribution >= 4 is 34.0 Å². The molecule has 0 bridgehead atoms. The van der Waals surface area contributed by atoms with Crippen molar-refractivity contribution in [2.75, 3.05) is 9.96 Å². The van der Waals surface area contributed by atoms with Crippen LogP contribution < -0.4 is 9.96 Å². The minimum absolute atomic E-state index is 0.254. The first kappa shape index (κ1) is 18.7. The lowest BCUT2D eigenvalue weighted by atomic mass is 9.91. The third-order valence-electron chi connectivity index (χ3n) is 6.16. The minimum atomic E-state index is -0.882. The lowest BCUT2D eigenvalue weighted by Gasteiger charge is -2.28. The Bertz CT molecular complexity index is 1330. The molecule has 32 heavy (non-hydrogen) atoms. The van der Waals surface area contributed by atoms with E-state index in [2.05, 4.69) is 4.98 Å². The maximum absolute atomic E-state index is 13.7. The lowest BCUT2D eigenvalue weighted by molar-refractivity contribution is -0.126. The van der Waals surface area contributed by atoms with Gasteiger partial charge in [-0.25, -0.2) is 9.96 Å². The first-order valence-corrected chi connectivity index (χ1v) is 10.5. The zero-order valence-corrected chi connectivity index (χ0v) is 17.0. The molecule has 3 aromatic carbocycles. The van der Waals surface area contributed by atoms with Crippen molar-refractivity contribution in [2.24, 2.45) is 5.92 Å². The van der Waals surface area contributed by atoms with E-state index in [0.717, 1.165) is 22.0 Å². The molecule has 0 aliphatic carbocycles. The summed E-state index contributed by atoms with van der Waals surface area (Å²) in [4.78, 5) is 38.6. The van der Waals surface area contributed by atoms with Crippen molar-refractivity contribution in [1.82, 2.24) is 4.98 Å². The molecule has 6 rings (SSSR count). The number of hydrogen-bond acceptors (Lipinski definition) is 5. The highest BCUT2D eigenvalue weighted by Crippen LogP contribution is 2.47. The number of amides is 2. The van der Waals surface area contributed by atoms with Crippen LogP contribution in [0.3, 0.4) is 0 Å². The van der Waals surface area contributed by atoms with Gasteiger partial charge < -0.3 is 0 Å². The first-order chi connectivity index (χ1) is 15.7. The molecular formula is C26H19N3O3. The predicted octanol–water partition coefficient (Wildman–Crippen LogP) is 4.29. The van der Waals surface area contributed by atoms with Gasteiger partial charge in [-0.2, -0.15) is 0 Å². The lowest BCUT2D eigenvalue weighted by Crippen LogP contribution is -2.37. The van der Waals surface area contributed by atoms with Crippen LogP contribution in [0.5, 0.6) is 0 Å². The summed E-state index contributed by atoms with van der Waals surface area (Å²) in [6.45, 7) is 0. The number of nitrogens with zero attached hydrogens (tertiary/aromatic N) is 3. The Hall–Kier alpha value is -4.03. The van der Waals surface area contributed by atoms with E-state index in [0.29, 0.717) is 5.69 Å². The topological polar surface area (TPSA) is 62.7 Å². The van der Waals surface area contributed by atoms with Gasteiger partial charge in [-0.05, 0) is 52.7 Å². The van der Waals surface area contributed by atoms with Crippen LogP contribution in [-0.4, -0.2) is 22.9 Å². The second kappa shape index (κ2) is 7.28. The predicted molar refractivity (Wildman–Crippen MR) is 121 cm³/mol. The average Bonchev–Trinajstić information content (AvgIpc) is 3.36. The highest BCUT2D eigenvalue weighted by Gasteiger charge is 2.60. The van der Waals surface area contributed by atoms with Crippen molar-refractivity contribution in [3.05, 3.63) is 103 Å². The van der Waals surface area contributed by atoms with Crippen LogP contribution in [0.2, 0.25) is 0 Å². The summed E-state index contributed by atoms with van der Waals surface area (Å²) in [6, 6.07) is 26.3. The zero-order chi connectivity index (χ0) is 21.7. The average molecular weight is 421 g/mol. The molecule has 3 atom stereocenters. The normalized spacial score (nSPS) is 22.6. The molecule has 2 aliphatic heterocycles. The molecule has 3 heterocycles. The zero-order valence-electron chi connectivity index (χ0n) is 17.0. The van der Waals surface area contributed by atoms with Crippen LogP contribution in [0.1, 0.15) is 11.6 Å². The number of hydrogen-bond donors (Lipinski definition) is 0. The molecule has 0 saturated carbocycles.